The molecule has 0 spiro atoms. The average molecular weight is 456 g/mol. The lowest BCUT2D eigenvalue weighted by atomic mass is 10.2. The molecule has 1 N–H and O–H groups in total. The number of carbonyl (C=O) groups is 1. The third-order valence-electron chi connectivity index (χ3n) is 4.02. The van der Waals surface area contributed by atoms with Gasteiger partial charge in [-0.15, -0.1) is 0 Å². The molecule has 148 valence electrons. The van der Waals surface area contributed by atoms with Crippen molar-refractivity contribution in [3.63, 3.8) is 0 Å². The number of hydrogen-bond acceptors (Lipinski definition) is 3. The summed E-state index contributed by atoms with van der Waals surface area (Å²) in [6.07, 6.45) is 3.06. The third kappa shape index (κ3) is 5.93. The van der Waals surface area contributed by atoms with Gasteiger partial charge in [0, 0.05) is 11.8 Å². The highest BCUT2D eigenvalue weighted by molar-refractivity contribution is 9.10. The Labute approximate surface area is 177 Å². The summed E-state index contributed by atoms with van der Waals surface area (Å²) >= 11 is 3.50. The number of nitrogens with one attached hydrogen (secondary N) is 1. The van der Waals surface area contributed by atoms with Crippen LogP contribution in [-0.2, 0) is 11.4 Å². The minimum Gasteiger partial charge on any atom is -0.493 e. The Kier molecular flexibility index (Phi) is 7.03. The molecule has 4 nitrogen and oxygen atoms in total. The van der Waals surface area contributed by atoms with Gasteiger partial charge in [-0.05, 0) is 69.5 Å². The minimum atomic E-state index is -0.356. The van der Waals surface area contributed by atoms with Crippen molar-refractivity contribution < 1.29 is 18.7 Å². The summed E-state index contributed by atoms with van der Waals surface area (Å²) in [6, 6.07) is 19.0. The lowest BCUT2D eigenvalue weighted by molar-refractivity contribution is -0.111. The van der Waals surface area contributed by atoms with Gasteiger partial charge in [0.2, 0.25) is 5.91 Å². The van der Waals surface area contributed by atoms with Gasteiger partial charge in [0.25, 0.3) is 0 Å². The van der Waals surface area contributed by atoms with Gasteiger partial charge in [-0.1, -0.05) is 30.3 Å². The summed E-state index contributed by atoms with van der Waals surface area (Å²) in [5.74, 6) is 0.458. The van der Waals surface area contributed by atoms with Gasteiger partial charge in [0.05, 0.1) is 11.6 Å². The standard InChI is InChI=1S/C23H19BrFNO3/c1-28-21-14-17(7-12-22(27)26-19-10-8-18(25)9-11-19)13-20(24)23(21)29-15-16-5-3-2-4-6-16/h2-14H,15H2,1H3,(H,26,27). The van der Waals surface area contributed by atoms with Crippen LogP contribution in [0.1, 0.15) is 11.1 Å². The Hall–Kier alpha value is -3.12. The van der Waals surface area contributed by atoms with E-state index in [-0.39, 0.29) is 11.7 Å². The zero-order valence-electron chi connectivity index (χ0n) is 15.7. The van der Waals surface area contributed by atoms with E-state index in [9.17, 15) is 9.18 Å². The van der Waals surface area contributed by atoms with E-state index in [0.29, 0.717) is 28.3 Å². The molecule has 3 aromatic rings. The molecule has 0 aliphatic rings. The van der Waals surface area contributed by atoms with Crippen molar-refractivity contribution in [2.24, 2.45) is 0 Å². The maximum atomic E-state index is 12.9. The molecule has 0 aromatic heterocycles. The maximum Gasteiger partial charge on any atom is 0.248 e. The highest BCUT2D eigenvalue weighted by Crippen LogP contribution is 2.37. The van der Waals surface area contributed by atoms with Crippen molar-refractivity contribution in [2.45, 2.75) is 6.61 Å². The lowest BCUT2D eigenvalue weighted by Gasteiger charge is -2.13. The molecule has 0 atom stereocenters. The highest BCUT2D eigenvalue weighted by Gasteiger charge is 2.11. The molecule has 0 aliphatic carbocycles. The van der Waals surface area contributed by atoms with Crippen LogP contribution in [-0.4, -0.2) is 13.0 Å². The predicted molar refractivity (Wildman–Crippen MR) is 116 cm³/mol. The van der Waals surface area contributed by atoms with Crippen molar-refractivity contribution in [3.05, 3.63) is 94.2 Å². The topological polar surface area (TPSA) is 47.6 Å². The number of ether oxygens (including phenoxy) is 2. The molecule has 0 radical (unpaired) electrons. The number of methoxy groups -OCH3 is 1. The summed E-state index contributed by atoms with van der Waals surface area (Å²) < 4.78 is 25.0. The van der Waals surface area contributed by atoms with Gasteiger partial charge in [-0.3, -0.25) is 4.79 Å². The second-order valence-electron chi connectivity index (χ2n) is 6.14. The fourth-order valence-corrected chi connectivity index (χ4v) is 3.17. The van der Waals surface area contributed by atoms with E-state index in [1.807, 2.05) is 36.4 Å². The summed E-state index contributed by atoms with van der Waals surface area (Å²) in [4.78, 5) is 12.1. The van der Waals surface area contributed by atoms with Crippen LogP contribution in [0.15, 0.2) is 77.3 Å². The van der Waals surface area contributed by atoms with E-state index in [2.05, 4.69) is 21.2 Å². The Balaban J connectivity index is 1.69. The third-order valence-corrected chi connectivity index (χ3v) is 4.61. The van der Waals surface area contributed by atoms with Gasteiger partial charge in [-0.25, -0.2) is 4.39 Å². The summed E-state index contributed by atoms with van der Waals surface area (Å²) in [6.45, 7) is 0.408. The summed E-state index contributed by atoms with van der Waals surface area (Å²) in [5, 5.41) is 2.67. The van der Waals surface area contributed by atoms with E-state index < -0.39 is 0 Å². The van der Waals surface area contributed by atoms with Crippen LogP contribution in [0.3, 0.4) is 0 Å². The van der Waals surface area contributed by atoms with Crippen LogP contribution in [0.2, 0.25) is 0 Å². The van der Waals surface area contributed by atoms with Crippen LogP contribution in [0.5, 0.6) is 11.5 Å². The van der Waals surface area contributed by atoms with Crippen LogP contribution < -0.4 is 14.8 Å². The van der Waals surface area contributed by atoms with Crippen molar-refractivity contribution >= 4 is 33.6 Å². The number of halogens is 2. The lowest BCUT2D eigenvalue weighted by Crippen LogP contribution is -2.07. The summed E-state index contributed by atoms with van der Waals surface area (Å²) in [7, 11) is 1.56. The van der Waals surface area contributed by atoms with E-state index in [0.717, 1.165) is 11.1 Å². The monoisotopic (exact) mass is 455 g/mol. The van der Waals surface area contributed by atoms with Crippen LogP contribution in [0, 0.1) is 5.82 Å². The zero-order valence-corrected chi connectivity index (χ0v) is 17.3. The van der Waals surface area contributed by atoms with Crippen molar-refractivity contribution in [1.82, 2.24) is 0 Å². The fraction of sp³-hybridized carbons (Fsp3) is 0.0870. The first-order valence-electron chi connectivity index (χ1n) is 8.84. The van der Waals surface area contributed by atoms with Gasteiger partial charge in [0.15, 0.2) is 11.5 Å². The predicted octanol–water partition coefficient (Wildman–Crippen LogP) is 5.83. The van der Waals surface area contributed by atoms with Gasteiger partial charge < -0.3 is 14.8 Å². The number of amides is 1. The normalized spacial score (nSPS) is 10.7. The molecular formula is C23H19BrFNO3. The maximum absolute atomic E-state index is 12.9. The molecular weight excluding hydrogens is 437 g/mol. The zero-order chi connectivity index (χ0) is 20.6. The first-order chi connectivity index (χ1) is 14.0. The average Bonchev–Trinajstić information content (AvgIpc) is 2.73. The Morgan fingerprint density at radius 1 is 1.10 bits per heavy atom. The molecule has 3 rings (SSSR count). The van der Waals surface area contributed by atoms with Gasteiger partial charge in [0.1, 0.15) is 12.4 Å². The molecule has 0 heterocycles. The van der Waals surface area contributed by atoms with E-state index in [1.54, 1.807) is 19.3 Å². The summed E-state index contributed by atoms with van der Waals surface area (Å²) in [5.41, 5.74) is 2.32. The smallest absolute Gasteiger partial charge is 0.248 e. The van der Waals surface area contributed by atoms with Crippen LogP contribution in [0.25, 0.3) is 6.08 Å². The molecule has 0 saturated heterocycles. The van der Waals surface area contributed by atoms with Crippen molar-refractivity contribution in [3.8, 4) is 11.5 Å². The number of anilines is 1. The Morgan fingerprint density at radius 2 is 1.83 bits per heavy atom. The molecule has 0 bridgehead atoms. The Bertz CT molecular complexity index is 1000. The van der Waals surface area contributed by atoms with E-state index in [4.69, 9.17) is 9.47 Å². The second-order valence-corrected chi connectivity index (χ2v) is 6.99. The molecule has 0 saturated carbocycles. The molecule has 29 heavy (non-hydrogen) atoms. The van der Waals surface area contributed by atoms with Gasteiger partial charge in [-0.2, -0.15) is 0 Å². The fourth-order valence-electron chi connectivity index (χ4n) is 2.59. The number of benzene rings is 3. The molecule has 0 unspecified atom stereocenters. The first kappa shape index (κ1) is 20.6. The molecule has 0 fully saturated rings. The van der Waals surface area contributed by atoms with Crippen LogP contribution in [0.4, 0.5) is 10.1 Å². The molecule has 3 aromatic carbocycles. The number of hydrogen-bond donors (Lipinski definition) is 1. The van der Waals surface area contributed by atoms with Crippen molar-refractivity contribution in [1.29, 1.82) is 0 Å². The van der Waals surface area contributed by atoms with Crippen LogP contribution >= 0.6 is 15.9 Å². The Morgan fingerprint density at radius 3 is 2.52 bits per heavy atom. The second kappa shape index (κ2) is 9.89. The SMILES string of the molecule is COc1cc(C=CC(=O)Nc2ccc(F)cc2)cc(Br)c1OCc1ccccc1. The van der Waals surface area contributed by atoms with E-state index in [1.165, 1.54) is 30.3 Å². The highest BCUT2D eigenvalue weighted by atomic mass is 79.9. The first-order valence-corrected chi connectivity index (χ1v) is 9.63. The van der Waals surface area contributed by atoms with E-state index >= 15 is 0 Å². The quantitative estimate of drug-likeness (QED) is 0.456. The minimum absolute atomic E-state index is 0.323. The van der Waals surface area contributed by atoms with Gasteiger partial charge >= 0.3 is 0 Å². The number of carbonyl (C=O) groups excluding carboxylic acids is 1. The molecule has 1 amide bonds. The largest absolute Gasteiger partial charge is 0.493 e. The molecule has 0 aliphatic heterocycles. The number of rotatable bonds is 7. The molecule has 6 heteroatoms. The van der Waals surface area contributed by atoms with Crippen molar-refractivity contribution in [2.75, 3.05) is 12.4 Å².